The average Bonchev–Trinajstić information content (AvgIpc) is 2.86. The zero-order valence-electron chi connectivity index (χ0n) is 20.2. The summed E-state index contributed by atoms with van der Waals surface area (Å²) in [6.45, 7) is 4.06. The molecule has 0 fully saturated rings. The molecular formula is C27H25ClFN5O2. The summed E-state index contributed by atoms with van der Waals surface area (Å²) in [6, 6.07) is 16.4. The van der Waals surface area contributed by atoms with Crippen molar-refractivity contribution in [2.24, 2.45) is 4.99 Å². The minimum atomic E-state index is -0.510. The van der Waals surface area contributed by atoms with Crippen LogP contribution >= 0.6 is 11.6 Å². The van der Waals surface area contributed by atoms with E-state index < -0.39 is 5.82 Å². The fraction of sp³-hybridized carbons (Fsp3) is 0.222. The summed E-state index contributed by atoms with van der Waals surface area (Å²) in [7, 11) is 3.50. The van der Waals surface area contributed by atoms with Crippen molar-refractivity contribution in [3.8, 4) is 40.1 Å². The van der Waals surface area contributed by atoms with Crippen molar-refractivity contribution in [3.05, 3.63) is 59.5 Å². The molecule has 0 spiro atoms. The number of carbonyl (C=O) groups is 1. The smallest absolute Gasteiger partial charge is 0.226 e. The molecule has 184 valence electrons. The molecule has 2 heterocycles. The van der Waals surface area contributed by atoms with Gasteiger partial charge in [-0.1, -0.05) is 17.7 Å². The number of rotatable bonds is 5. The number of phenols is 1. The van der Waals surface area contributed by atoms with Gasteiger partial charge in [0.1, 0.15) is 17.4 Å². The normalized spacial score (nSPS) is 12.9. The molecule has 0 unspecified atom stereocenters. The zero-order valence-corrected chi connectivity index (χ0v) is 20.9. The highest BCUT2D eigenvalue weighted by Gasteiger charge is 2.18. The third kappa shape index (κ3) is 5.42. The summed E-state index contributed by atoms with van der Waals surface area (Å²) in [6.07, 6.45) is 2.20. The summed E-state index contributed by atoms with van der Waals surface area (Å²) in [5, 5.41) is 11.4. The SMILES string of the molecule is CC1=NCCN(c2cc(-c3cc(F)cc(-c4ccc(N(C#CN(C)C)C=O)c(Cl)c4)c3O)ccn2)C1. The van der Waals surface area contributed by atoms with Crippen LogP contribution in [-0.2, 0) is 4.79 Å². The topological polar surface area (TPSA) is 72.3 Å². The number of anilines is 2. The Morgan fingerprint density at radius 3 is 2.47 bits per heavy atom. The summed E-state index contributed by atoms with van der Waals surface area (Å²) in [5.74, 6) is 0.129. The Balaban J connectivity index is 1.72. The molecule has 7 nitrogen and oxygen atoms in total. The van der Waals surface area contributed by atoms with E-state index in [0.717, 1.165) is 23.0 Å². The van der Waals surface area contributed by atoms with Gasteiger partial charge in [-0.3, -0.25) is 9.79 Å². The molecule has 36 heavy (non-hydrogen) atoms. The molecule has 1 N–H and O–H groups in total. The average molecular weight is 506 g/mol. The van der Waals surface area contributed by atoms with E-state index in [1.165, 1.54) is 12.1 Å². The van der Waals surface area contributed by atoms with Gasteiger partial charge >= 0.3 is 0 Å². The van der Waals surface area contributed by atoms with Gasteiger partial charge in [0, 0.05) is 55.8 Å². The molecular weight excluding hydrogens is 481 g/mol. The molecule has 1 aromatic heterocycles. The molecule has 1 aliphatic rings. The second-order valence-electron chi connectivity index (χ2n) is 8.55. The molecule has 1 aliphatic heterocycles. The van der Waals surface area contributed by atoms with Crippen molar-refractivity contribution in [3.63, 3.8) is 0 Å². The minimum Gasteiger partial charge on any atom is -0.507 e. The largest absolute Gasteiger partial charge is 0.507 e. The third-order valence-electron chi connectivity index (χ3n) is 5.64. The van der Waals surface area contributed by atoms with Crippen LogP contribution in [-0.4, -0.2) is 60.8 Å². The maximum absolute atomic E-state index is 14.8. The van der Waals surface area contributed by atoms with Gasteiger partial charge in [0.15, 0.2) is 0 Å². The molecule has 0 saturated heterocycles. The van der Waals surface area contributed by atoms with Gasteiger partial charge in [0.05, 0.1) is 23.8 Å². The lowest BCUT2D eigenvalue weighted by Gasteiger charge is -2.26. The molecule has 0 bridgehead atoms. The molecule has 0 saturated carbocycles. The van der Waals surface area contributed by atoms with Crippen LogP contribution in [0.3, 0.4) is 0 Å². The highest BCUT2D eigenvalue weighted by Crippen LogP contribution is 2.41. The molecule has 0 radical (unpaired) electrons. The van der Waals surface area contributed by atoms with Gasteiger partial charge < -0.3 is 14.9 Å². The van der Waals surface area contributed by atoms with Crippen molar-refractivity contribution in [1.82, 2.24) is 9.88 Å². The number of pyridine rings is 1. The number of aliphatic imine (C=N–C) groups is 1. The number of hydrogen-bond acceptors (Lipinski definition) is 6. The highest BCUT2D eigenvalue weighted by atomic mass is 35.5. The standard InChI is InChI=1S/C27H25ClFN5O2/c1-18-16-33(9-8-30-18)26-13-20(6-7-31-26)23-15-21(29)14-22(27(23)36)19-4-5-25(24(28)12-19)34(17-35)11-10-32(2)3/h4-7,12-15,17,36H,8-9,16H2,1-3H3. The van der Waals surface area contributed by atoms with Gasteiger partial charge in [0.2, 0.25) is 6.41 Å². The van der Waals surface area contributed by atoms with E-state index in [-0.39, 0.29) is 16.3 Å². The van der Waals surface area contributed by atoms with E-state index in [4.69, 9.17) is 11.6 Å². The number of aromatic hydroxyl groups is 1. The van der Waals surface area contributed by atoms with Crippen molar-refractivity contribution in [2.45, 2.75) is 6.92 Å². The van der Waals surface area contributed by atoms with Crippen molar-refractivity contribution >= 4 is 35.2 Å². The maximum atomic E-state index is 14.8. The summed E-state index contributed by atoms with van der Waals surface area (Å²) in [4.78, 5) is 25.3. The number of nitrogens with zero attached hydrogens (tertiary/aromatic N) is 5. The van der Waals surface area contributed by atoms with Crippen LogP contribution in [0, 0.1) is 17.9 Å². The lowest BCUT2D eigenvalue weighted by Crippen LogP contribution is -2.35. The molecule has 1 amide bonds. The molecule has 0 aliphatic carbocycles. The first-order valence-corrected chi connectivity index (χ1v) is 11.6. The summed E-state index contributed by atoms with van der Waals surface area (Å²) >= 11 is 6.45. The fourth-order valence-corrected chi connectivity index (χ4v) is 4.20. The Bertz CT molecular complexity index is 1400. The lowest BCUT2D eigenvalue weighted by molar-refractivity contribution is -0.106. The predicted molar refractivity (Wildman–Crippen MR) is 142 cm³/mol. The van der Waals surface area contributed by atoms with E-state index in [1.807, 2.05) is 13.0 Å². The molecule has 2 aromatic carbocycles. The number of amides is 1. The van der Waals surface area contributed by atoms with E-state index in [2.05, 4.69) is 27.0 Å². The van der Waals surface area contributed by atoms with E-state index >= 15 is 0 Å². The Labute approximate surface area is 214 Å². The molecule has 4 rings (SSSR count). The Hall–Kier alpha value is -4.09. The zero-order chi connectivity index (χ0) is 25.8. The first kappa shape index (κ1) is 25.0. The van der Waals surface area contributed by atoms with Crippen LogP contribution in [0.25, 0.3) is 22.3 Å². The number of benzene rings is 2. The molecule has 3 aromatic rings. The van der Waals surface area contributed by atoms with Crippen molar-refractivity contribution in [2.75, 3.05) is 43.5 Å². The van der Waals surface area contributed by atoms with Crippen LogP contribution in [0.2, 0.25) is 5.02 Å². The molecule has 0 atom stereocenters. The van der Waals surface area contributed by atoms with E-state index in [0.29, 0.717) is 41.9 Å². The summed E-state index contributed by atoms with van der Waals surface area (Å²) < 4.78 is 14.8. The Morgan fingerprint density at radius 1 is 1.11 bits per heavy atom. The first-order valence-electron chi connectivity index (χ1n) is 11.2. The van der Waals surface area contributed by atoms with Crippen LogP contribution in [0.1, 0.15) is 6.92 Å². The van der Waals surface area contributed by atoms with E-state index in [1.54, 1.807) is 49.5 Å². The molecule has 9 heteroatoms. The van der Waals surface area contributed by atoms with Gasteiger partial charge in [-0.2, -0.15) is 0 Å². The van der Waals surface area contributed by atoms with Gasteiger partial charge in [-0.25, -0.2) is 14.3 Å². The second kappa shape index (κ2) is 10.7. The monoisotopic (exact) mass is 505 g/mol. The fourth-order valence-electron chi connectivity index (χ4n) is 3.93. The Kier molecular flexibility index (Phi) is 7.41. The van der Waals surface area contributed by atoms with Crippen LogP contribution < -0.4 is 9.80 Å². The lowest BCUT2D eigenvalue weighted by atomic mass is 9.97. The van der Waals surface area contributed by atoms with Gasteiger partial charge in [-0.15, -0.1) is 0 Å². The number of hydrogen-bond donors (Lipinski definition) is 1. The number of carbonyl (C=O) groups excluding carboxylic acids is 1. The quantitative estimate of drug-likeness (QED) is 0.311. The Morgan fingerprint density at radius 2 is 1.83 bits per heavy atom. The van der Waals surface area contributed by atoms with Crippen LogP contribution in [0.4, 0.5) is 15.9 Å². The van der Waals surface area contributed by atoms with Crippen molar-refractivity contribution in [1.29, 1.82) is 0 Å². The predicted octanol–water partition coefficient (Wildman–Crippen LogP) is 4.64. The van der Waals surface area contributed by atoms with Crippen molar-refractivity contribution < 1.29 is 14.3 Å². The second-order valence-corrected chi connectivity index (χ2v) is 8.96. The number of halogens is 2. The van der Waals surface area contributed by atoms with Gasteiger partial charge in [-0.05, 0) is 54.4 Å². The number of aromatic nitrogens is 1. The van der Waals surface area contributed by atoms with Gasteiger partial charge in [0.25, 0.3) is 0 Å². The minimum absolute atomic E-state index is 0.0894. The highest BCUT2D eigenvalue weighted by molar-refractivity contribution is 6.34. The third-order valence-corrected chi connectivity index (χ3v) is 5.95. The van der Waals surface area contributed by atoms with Crippen LogP contribution in [0.15, 0.2) is 53.7 Å². The number of phenolic OH excluding ortho intramolecular Hbond substituents is 1. The maximum Gasteiger partial charge on any atom is 0.226 e. The first-order chi connectivity index (χ1) is 17.3. The van der Waals surface area contributed by atoms with E-state index in [9.17, 15) is 14.3 Å². The summed E-state index contributed by atoms with van der Waals surface area (Å²) in [5.41, 5.74) is 3.13. The van der Waals surface area contributed by atoms with Crippen LogP contribution in [0.5, 0.6) is 5.75 Å².